The molecule has 0 heterocycles. The SMILES string of the molecule is Cc1ccc(NC(=O)CC(=O)Nc2ccc(Br)cc2)cc1C. The van der Waals surface area contributed by atoms with Crippen LogP contribution in [0.5, 0.6) is 0 Å². The molecule has 0 spiro atoms. The van der Waals surface area contributed by atoms with Crippen molar-refractivity contribution < 1.29 is 9.59 Å². The smallest absolute Gasteiger partial charge is 0.233 e. The molecule has 4 nitrogen and oxygen atoms in total. The molecule has 5 heteroatoms. The van der Waals surface area contributed by atoms with Gasteiger partial charge in [-0.05, 0) is 61.4 Å². The molecule has 0 bridgehead atoms. The van der Waals surface area contributed by atoms with E-state index >= 15 is 0 Å². The summed E-state index contributed by atoms with van der Waals surface area (Å²) in [5.41, 5.74) is 3.61. The molecule has 22 heavy (non-hydrogen) atoms. The van der Waals surface area contributed by atoms with Gasteiger partial charge in [-0.15, -0.1) is 0 Å². The van der Waals surface area contributed by atoms with Crippen LogP contribution in [-0.4, -0.2) is 11.8 Å². The first kappa shape index (κ1) is 16.2. The average molecular weight is 361 g/mol. The van der Waals surface area contributed by atoms with E-state index in [9.17, 15) is 9.59 Å². The van der Waals surface area contributed by atoms with Crippen LogP contribution < -0.4 is 10.6 Å². The lowest BCUT2D eigenvalue weighted by Gasteiger charge is -2.08. The normalized spacial score (nSPS) is 10.1. The van der Waals surface area contributed by atoms with Gasteiger partial charge in [-0.1, -0.05) is 22.0 Å². The Morgan fingerprint density at radius 3 is 2.00 bits per heavy atom. The lowest BCUT2D eigenvalue weighted by atomic mass is 10.1. The molecule has 0 saturated carbocycles. The van der Waals surface area contributed by atoms with E-state index in [4.69, 9.17) is 0 Å². The van der Waals surface area contributed by atoms with Crippen LogP contribution in [0.3, 0.4) is 0 Å². The molecule has 2 rings (SSSR count). The number of amides is 2. The van der Waals surface area contributed by atoms with Crippen molar-refractivity contribution in [2.24, 2.45) is 0 Å². The summed E-state index contributed by atoms with van der Waals surface area (Å²) in [6, 6.07) is 12.8. The van der Waals surface area contributed by atoms with Gasteiger partial charge in [0.1, 0.15) is 6.42 Å². The Labute approximate surface area is 138 Å². The topological polar surface area (TPSA) is 58.2 Å². The Balaban J connectivity index is 1.89. The van der Waals surface area contributed by atoms with Gasteiger partial charge >= 0.3 is 0 Å². The summed E-state index contributed by atoms with van der Waals surface area (Å²) in [5, 5.41) is 5.41. The number of nitrogens with one attached hydrogen (secondary N) is 2. The van der Waals surface area contributed by atoms with E-state index in [-0.39, 0.29) is 18.2 Å². The van der Waals surface area contributed by atoms with Crippen molar-refractivity contribution >= 4 is 39.1 Å². The molecule has 0 unspecified atom stereocenters. The highest BCUT2D eigenvalue weighted by Gasteiger charge is 2.10. The summed E-state index contributed by atoms with van der Waals surface area (Å²) in [6.07, 6.45) is -0.219. The Morgan fingerprint density at radius 1 is 0.864 bits per heavy atom. The zero-order valence-corrected chi connectivity index (χ0v) is 14.0. The van der Waals surface area contributed by atoms with Gasteiger partial charge in [-0.2, -0.15) is 0 Å². The molecule has 0 aliphatic carbocycles. The molecule has 2 aromatic rings. The first-order chi connectivity index (χ1) is 10.4. The molecular weight excluding hydrogens is 344 g/mol. The molecule has 2 amide bonds. The van der Waals surface area contributed by atoms with Gasteiger partial charge in [0.25, 0.3) is 0 Å². The fraction of sp³-hybridized carbons (Fsp3) is 0.176. The number of carbonyl (C=O) groups is 2. The van der Waals surface area contributed by atoms with Crippen molar-refractivity contribution in [1.82, 2.24) is 0 Å². The standard InChI is InChI=1S/C17H17BrN2O2/c1-11-3-6-15(9-12(11)2)20-17(22)10-16(21)19-14-7-4-13(18)5-8-14/h3-9H,10H2,1-2H3,(H,19,21)(H,20,22). The number of aryl methyl sites for hydroxylation is 2. The molecule has 0 saturated heterocycles. The molecule has 0 aliphatic heterocycles. The highest BCUT2D eigenvalue weighted by molar-refractivity contribution is 9.10. The molecule has 0 aromatic heterocycles. The molecule has 0 fully saturated rings. The van der Waals surface area contributed by atoms with Gasteiger partial charge in [-0.3, -0.25) is 9.59 Å². The van der Waals surface area contributed by atoms with E-state index in [0.717, 1.165) is 15.6 Å². The average Bonchev–Trinajstić information content (AvgIpc) is 2.45. The van der Waals surface area contributed by atoms with E-state index in [2.05, 4.69) is 26.6 Å². The highest BCUT2D eigenvalue weighted by Crippen LogP contribution is 2.16. The number of benzene rings is 2. The molecule has 114 valence electrons. The molecule has 2 aromatic carbocycles. The number of halogens is 1. The van der Waals surface area contributed by atoms with Crippen molar-refractivity contribution in [3.8, 4) is 0 Å². The summed E-state index contributed by atoms with van der Waals surface area (Å²) in [4.78, 5) is 23.7. The Hall–Kier alpha value is -2.14. The minimum atomic E-state index is -0.344. The fourth-order valence-corrected chi connectivity index (χ4v) is 2.17. The van der Waals surface area contributed by atoms with Gasteiger partial charge in [0.05, 0.1) is 0 Å². The highest BCUT2D eigenvalue weighted by atomic mass is 79.9. The van der Waals surface area contributed by atoms with Crippen molar-refractivity contribution in [3.63, 3.8) is 0 Å². The van der Waals surface area contributed by atoms with Crippen LogP contribution in [0.15, 0.2) is 46.9 Å². The molecule has 0 aliphatic rings. The van der Waals surface area contributed by atoms with Gasteiger partial charge in [0, 0.05) is 15.8 Å². The summed E-state index contributed by atoms with van der Waals surface area (Å²) in [6.45, 7) is 3.98. The first-order valence-corrected chi connectivity index (χ1v) is 7.66. The van der Waals surface area contributed by atoms with Crippen molar-refractivity contribution in [2.45, 2.75) is 20.3 Å². The summed E-state index contributed by atoms with van der Waals surface area (Å²) in [5.74, 6) is -0.679. The Bertz CT molecular complexity index is 696. The van der Waals surface area contributed by atoms with E-state index in [1.54, 1.807) is 12.1 Å². The third kappa shape index (κ3) is 4.70. The minimum absolute atomic E-state index is 0.219. The van der Waals surface area contributed by atoms with Crippen LogP contribution in [0, 0.1) is 13.8 Å². The summed E-state index contributed by atoms with van der Waals surface area (Å²) in [7, 11) is 0. The fourth-order valence-electron chi connectivity index (χ4n) is 1.91. The Kier molecular flexibility index (Phi) is 5.33. The molecule has 2 N–H and O–H groups in total. The van der Waals surface area contributed by atoms with Gasteiger partial charge < -0.3 is 10.6 Å². The van der Waals surface area contributed by atoms with Crippen LogP contribution in [-0.2, 0) is 9.59 Å². The van der Waals surface area contributed by atoms with Gasteiger partial charge in [-0.25, -0.2) is 0 Å². The Morgan fingerprint density at radius 2 is 1.41 bits per heavy atom. The maximum atomic E-state index is 11.9. The van der Waals surface area contributed by atoms with Crippen molar-refractivity contribution in [3.05, 3.63) is 58.1 Å². The minimum Gasteiger partial charge on any atom is -0.326 e. The number of carbonyl (C=O) groups excluding carboxylic acids is 2. The first-order valence-electron chi connectivity index (χ1n) is 6.86. The zero-order valence-electron chi connectivity index (χ0n) is 12.4. The number of hydrogen-bond acceptors (Lipinski definition) is 2. The second-order valence-electron chi connectivity index (χ2n) is 5.08. The van der Waals surface area contributed by atoms with Gasteiger partial charge in [0.2, 0.25) is 11.8 Å². The number of anilines is 2. The molecule has 0 atom stereocenters. The van der Waals surface area contributed by atoms with E-state index in [1.165, 1.54) is 0 Å². The van der Waals surface area contributed by atoms with Gasteiger partial charge in [0.15, 0.2) is 0 Å². The monoisotopic (exact) mass is 360 g/mol. The summed E-state index contributed by atoms with van der Waals surface area (Å²) >= 11 is 3.32. The quantitative estimate of drug-likeness (QED) is 0.808. The van der Waals surface area contributed by atoms with Crippen molar-refractivity contribution in [2.75, 3.05) is 10.6 Å². The van der Waals surface area contributed by atoms with E-state index < -0.39 is 0 Å². The maximum Gasteiger partial charge on any atom is 0.233 e. The van der Waals surface area contributed by atoms with Crippen LogP contribution >= 0.6 is 15.9 Å². The predicted octanol–water partition coefficient (Wildman–Crippen LogP) is 4.03. The lowest BCUT2D eigenvalue weighted by Crippen LogP contribution is -2.21. The van der Waals surface area contributed by atoms with Crippen molar-refractivity contribution in [1.29, 1.82) is 0 Å². The van der Waals surface area contributed by atoms with Crippen LogP contribution in [0.1, 0.15) is 17.5 Å². The second kappa shape index (κ2) is 7.22. The third-order valence-electron chi connectivity index (χ3n) is 3.24. The number of rotatable bonds is 4. The van der Waals surface area contributed by atoms with Crippen LogP contribution in [0.2, 0.25) is 0 Å². The lowest BCUT2D eigenvalue weighted by molar-refractivity contribution is -0.123. The van der Waals surface area contributed by atoms with Crippen LogP contribution in [0.25, 0.3) is 0 Å². The summed E-state index contributed by atoms with van der Waals surface area (Å²) < 4.78 is 0.929. The number of hydrogen-bond donors (Lipinski definition) is 2. The largest absolute Gasteiger partial charge is 0.326 e. The third-order valence-corrected chi connectivity index (χ3v) is 3.77. The molecular formula is C17H17BrN2O2. The second-order valence-corrected chi connectivity index (χ2v) is 5.99. The predicted molar refractivity (Wildman–Crippen MR) is 91.9 cm³/mol. The van der Waals surface area contributed by atoms with E-state index in [1.807, 2.05) is 44.2 Å². The van der Waals surface area contributed by atoms with Crippen LogP contribution in [0.4, 0.5) is 11.4 Å². The molecule has 0 radical (unpaired) electrons. The zero-order chi connectivity index (χ0) is 16.1. The maximum absolute atomic E-state index is 11.9. The van der Waals surface area contributed by atoms with E-state index in [0.29, 0.717) is 11.4 Å².